The van der Waals surface area contributed by atoms with Gasteiger partial charge in [-0.1, -0.05) is 36.4 Å². The molecular weight excluding hydrogens is 364 g/mol. The number of carbonyl (C=O) groups excluding carboxylic acids is 2. The Balaban J connectivity index is 1.70. The van der Waals surface area contributed by atoms with Crippen molar-refractivity contribution in [2.24, 2.45) is 10.6 Å². The molecule has 28 heavy (non-hydrogen) atoms. The molecule has 0 aliphatic carbocycles. The summed E-state index contributed by atoms with van der Waals surface area (Å²) in [5, 5.41) is 7.23. The lowest BCUT2D eigenvalue weighted by Gasteiger charge is -2.16. The van der Waals surface area contributed by atoms with Crippen LogP contribution in [-0.4, -0.2) is 11.8 Å². The van der Waals surface area contributed by atoms with E-state index < -0.39 is 11.8 Å². The van der Waals surface area contributed by atoms with Gasteiger partial charge in [0, 0.05) is 12.8 Å². The second kappa shape index (κ2) is 11.0. The zero-order valence-corrected chi connectivity index (χ0v) is 15.0. The Bertz CT molecular complexity index is 720. The van der Waals surface area contributed by atoms with Gasteiger partial charge >= 0.3 is 0 Å². The molecule has 0 atom stereocenters. The maximum atomic E-state index is 11.9. The number of nitrogens with zero attached hydrogens (tertiary/aromatic N) is 4. The molecule has 0 bridgehead atoms. The standard InChI is InChI=1S/C18H20N6O4/c25-17(19-23(21-27)15-9-3-1-4-10-15)13-7-8-14-18(26)20-24(22-28)16-11-5-2-6-12-16/h1-6,9-12H,7-8,13-14H2,(H,19,25)(H,20,26). The summed E-state index contributed by atoms with van der Waals surface area (Å²) in [4.78, 5) is 45.6. The van der Waals surface area contributed by atoms with Crippen LogP contribution in [0.25, 0.3) is 0 Å². The molecule has 0 unspecified atom stereocenters. The fourth-order valence-corrected chi connectivity index (χ4v) is 2.32. The summed E-state index contributed by atoms with van der Waals surface area (Å²) < 4.78 is 0. The van der Waals surface area contributed by atoms with Crippen molar-refractivity contribution in [3.8, 4) is 0 Å². The number of benzene rings is 2. The molecule has 2 amide bonds. The van der Waals surface area contributed by atoms with Crippen molar-refractivity contribution in [1.29, 1.82) is 0 Å². The predicted molar refractivity (Wildman–Crippen MR) is 104 cm³/mol. The molecule has 2 aromatic carbocycles. The highest BCUT2D eigenvalue weighted by Gasteiger charge is 2.12. The van der Waals surface area contributed by atoms with Gasteiger partial charge in [0.05, 0.1) is 21.9 Å². The molecule has 0 spiro atoms. The summed E-state index contributed by atoms with van der Waals surface area (Å²) in [6.07, 6.45) is 1.06. The molecule has 10 nitrogen and oxygen atoms in total. The average molecular weight is 384 g/mol. The molecule has 146 valence electrons. The van der Waals surface area contributed by atoms with Gasteiger partial charge in [0.25, 0.3) is 0 Å². The third kappa shape index (κ3) is 6.48. The summed E-state index contributed by atoms with van der Waals surface area (Å²) in [6.45, 7) is 0. The van der Waals surface area contributed by atoms with Crippen LogP contribution in [0.4, 0.5) is 11.4 Å². The number of anilines is 2. The lowest BCUT2D eigenvalue weighted by Crippen LogP contribution is -2.38. The molecule has 0 aliphatic heterocycles. The molecule has 0 saturated heterocycles. The van der Waals surface area contributed by atoms with Crippen LogP contribution < -0.4 is 21.1 Å². The molecule has 0 fully saturated rings. The number of nitroso groups, excluding NO2 is 2. The number of hydrogen-bond acceptors (Lipinski definition) is 6. The van der Waals surface area contributed by atoms with Gasteiger partial charge in [-0.3, -0.25) is 9.59 Å². The molecule has 0 radical (unpaired) electrons. The molecule has 0 heterocycles. The first kappa shape index (κ1) is 20.5. The quantitative estimate of drug-likeness (QED) is 0.349. The monoisotopic (exact) mass is 384 g/mol. The normalized spacial score (nSPS) is 9.86. The Kier molecular flexibility index (Phi) is 8.06. The minimum absolute atomic E-state index is 0.112. The Labute approximate surface area is 161 Å². The van der Waals surface area contributed by atoms with Gasteiger partial charge in [-0.05, 0) is 37.1 Å². The molecule has 10 heteroatoms. The van der Waals surface area contributed by atoms with Gasteiger partial charge in [-0.2, -0.15) is 0 Å². The number of para-hydroxylation sites is 2. The third-order valence-corrected chi connectivity index (χ3v) is 3.68. The number of unbranched alkanes of at least 4 members (excludes halogenated alkanes) is 1. The maximum absolute atomic E-state index is 11.9. The Morgan fingerprint density at radius 1 is 0.679 bits per heavy atom. The van der Waals surface area contributed by atoms with E-state index in [0.29, 0.717) is 24.2 Å². The second-order valence-corrected chi connectivity index (χ2v) is 5.74. The van der Waals surface area contributed by atoms with Crippen LogP contribution in [0.15, 0.2) is 71.2 Å². The minimum Gasteiger partial charge on any atom is -0.273 e. The summed E-state index contributed by atoms with van der Waals surface area (Å²) in [6, 6.07) is 16.9. The van der Waals surface area contributed by atoms with E-state index in [1.165, 1.54) is 0 Å². The van der Waals surface area contributed by atoms with E-state index in [0.717, 1.165) is 10.2 Å². The Morgan fingerprint density at radius 2 is 1.04 bits per heavy atom. The van der Waals surface area contributed by atoms with Crippen LogP contribution in [-0.2, 0) is 9.59 Å². The van der Waals surface area contributed by atoms with Crippen molar-refractivity contribution in [1.82, 2.24) is 10.9 Å². The van der Waals surface area contributed by atoms with Crippen LogP contribution in [0.2, 0.25) is 0 Å². The number of hydrazine groups is 2. The summed E-state index contributed by atoms with van der Waals surface area (Å²) >= 11 is 0. The van der Waals surface area contributed by atoms with Gasteiger partial charge < -0.3 is 0 Å². The highest BCUT2D eigenvalue weighted by atomic mass is 16.3. The molecule has 0 aliphatic rings. The minimum atomic E-state index is -0.399. The van der Waals surface area contributed by atoms with Crippen molar-refractivity contribution in [2.45, 2.75) is 25.7 Å². The van der Waals surface area contributed by atoms with Crippen LogP contribution in [0.1, 0.15) is 25.7 Å². The number of nitrogens with one attached hydrogen (secondary N) is 2. The smallest absolute Gasteiger partial charge is 0.240 e. The van der Waals surface area contributed by atoms with E-state index in [1.54, 1.807) is 60.7 Å². The van der Waals surface area contributed by atoms with E-state index >= 15 is 0 Å². The highest BCUT2D eigenvalue weighted by molar-refractivity contribution is 5.79. The maximum Gasteiger partial charge on any atom is 0.240 e. The fraction of sp³-hybridized carbons (Fsp3) is 0.222. The van der Waals surface area contributed by atoms with Gasteiger partial charge in [0.2, 0.25) is 11.8 Å². The molecule has 0 saturated carbocycles. The SMILES string of the molecule is O=NN(NC(=O)CCCCC(=O)NN(N=O)c1ccccc1)c1ccccc1. The largest absolute Gasteiger partial charge is 0.273 e. The molecular formula is C18H20N6O4. The number of amides is 2. The van der Waals surface area contributed by atoms with Crippen LogP contribution in [0.5, 0.6) is 0 Å². The van der Waals surface area contributed by atoms with Crippen LogP contribution in [0, 0.1) is 9.81 Å². The first-order valence-corrected chi connectivity index (χ1v) is 8.60. The Morgan fingerprint density at radius 3 is 1.36 bits per heavy atom. The van der Waals surface area contributed by atoms with E-state index in [2.05, 4.69) is 21.4 Å². The van der Waals surface area contributed by atoms with Crippen molar-refractivity contribution >= 4 is 23.2 Å². The fourth-order valence-electron chi connectivity index (χ4n) is 2.32. The van der Waals surface area contributed by atoms with E-state index in [1.807, 2.05) is 0 Å². The molecule has 0 aromatic heterocycles. The van der Waals surface area contributed by atoms with E-state index in [4.69, 9.17) is 0 Å². The zero-order chi connectivity index (χ0) is 20.2. The molecule has 2 N–H and O–H groups in total. The topological polar surface area (TPSA) is 124 Å². The zero-order valence-electron chi connectivity index (χ0n) is 15.0. The third-order valence-electron chi connectivity index (χ3n) is 3.68. The first-order valence-electron chi connectivity index (χ1n) is 8.60. The highest BCUT2D eigenvalue weighted by Crippen LogP contribution is 2.12. The number of hydrogen-bond donors (Lipinski definition) is 2. The predicted octanol–water partition coefficient (Wildman–Crippen LogP) is 2.99. The van der Waals surface area contributed by atoms with Crippen LogP contribution in [0.3, 0.4) is 0 Å². The van der Waals surface area contributed by atoms with Crippen molar-refractivity contribution < 1.29 is 9.59 Å². The summed E-state index contributed by atoms with van der Waals surface area (Å²) in [5.41, 5.74) is 5.64. The van der Waals surface area contributed by atoms with Gasteiger partial charge in [-0.25, -0.2) is 10.9 Å². The van der Waals surface area contributed by atoms with Gasteiger partial charge in [0.15, 0.2) is 0 Å². The first-order chi connectivity index (χ1) is 13.6. The van der Waals surface area contributed by atoms with Crippen molar-refractivity contribution in [2.75, 3.05) is 10.2 Å². The van der Waals surface area contributed by atoms with Crippen molar-refractivity contribution in [3.05, 3.63) is 70.5 Å². The van der Waals surface area contributed by atoms with Crippen LogP contribution >= 0.6 is 0 Å². The summed E-state index contributed by atoms with van der Waals surface area (Å²) in [7, 11) is 0. The molecule has 2 rings (SSSR count). The molecule has 2 aromatic rings. The van der Waals surface area contributed by atoms with Gasteiger partial charge in [0.1, 0.15) is 0 Å². The van der Waals surface area contributed by atoms with E-state index in [9.17, 15) is 19.4 Å². The lowest BCUT2D eigenvalue weighted by molar-refractivity contribution is -0.123. The second-order valence-electron chi connectivity index (χ2n) is 5.74. The lowest BCUT2D eigenvalue weighted by atomic mass is 10.2. The van der Waals surface area contributed by atoms with Crippen molar-refractivity contribution in [3.63, 3.8) is 0 Å². The number of rotatable bonds is 11. The van der Waals surface area contributed by atoms with E-state index in [-0.39, 0.29) is 12.8 Å². The average Bonchev–Trinajstić information content (AvgIpc) is 2.74. The Hall–Kier alpha value is -3.82. The summed E-state index contributed by atoms with van der Waals surface area (Å²) in [5.74, 6) is -0.798. The number of carbonyl (C=O) groups is 2. The van der Waals surface area contributed by atoms with Gasteiger partial charge in [-0.15, -0.1) is 20.0 Å².